The van der Waals surface area contributed by atoms with Crippen LogP contribution in [0.3, 0.4) is 0 Å². The third-order valence-corrected chi connectivity index (χ3v) is 3.31. The SMILES string of the molecule is Cc1nnc(Cl)n1C1(C(C)C)CC1. The van der Waals surface area contributed by atoms with Gasteiger partial charge in [0.1, 0.15) is 5.82 Å². The molecule has 0 N–H and O–H groups in total. The van der Waals surface area contributed by atoms with Crippen LogP contribution in [0.4, 0.5) is 0 Å². The predicted molar refractivity (Wildman–Crippen MR) is 51.8 cm³/mol. The van der Waals surface area contributed by atoms with Gasteiger partial charge in [0.05, 0.1) is 5.54 Å². The van der Waals surface area contributed by atoms with E-state index in [2.05, 4.69) is 28.6 Å². The number of nitrogens with zero attached hydrogens (tertiary/aromatic N) is 3. The van der Waals surface area contributed by atoms with E-state index in [0.717, 1.165) is 5.82 Å². The van der Waals surface area contributed by atoms with E-state index in [-0.39, 0.29) is 5.54 Å². The summed E-state index contributed by atoms with van der Waals surface area (Å²) in [7, 11) is 0. The van der Waals surface area contributed by atoms with Crippen LogP contribution in [0.1, 0.15) is 32.5 Å². The van der Waals surface area contributed by atoms with E-state index in [1.165, 1.54) is 12.8 Å². The molecule has 3 nitrogen and oxygen atoms in total. The third kappa shape index (κ3) is 1.17. The van der Waals surface area contributed by atoms with Gasteiger partial charge in [-0.3, -0.25) is 4.57 Å². The molecule has 1 fully saturated rings. The highest BCUT2D eigenvalue weighted by Gasteiger charge is 2.49. The summed E-state index contributed by atoms with van der Waals surface area (Å²) < 4.78 is 2.08. The van der Waals surface area contributed by atoms with Gasteiger partial charge in [0, 0.05) is 0 Å². The summed E-state index contributed by atoms with van der Waals surface area (Å²) in [4.78, 5) is 0. The molecule has 0 saturated heterocycles. The van der Waals surface area contributed by atoms with Gasteiger partial charge in [0.25, 0.3) is 0 Å². The van der Waals surface area contributed by atoms with Crippen LogP contribution in [0.15, 0.2) is 0 Å². The van der Waals surface area contributed by atoms with Crippen LogP contribution in [0.5, 0.6) is 0 Å². The smallest absolute Gasteiger partial charge is 0.225 e. The number of hydrogen-bond donors (Lipinski definition) is 0. The molecule has 4 heteroatoms. The molecular formula is C9H14ClN3. The van der Waals surface area contributed by atoms with Crippen molar-refractivity contribution >= 4 is 11.6 Å². The highest BCUT2D eigenvalue weighted by Crippen LogP contribution is 2.51. The molecule has 1 aliphatic carbocycles. The van der Waals surface area contributed by atoms with Gasteiger partial charge < -0.3 is 0 Å². The first-order chi connectivity index (χ1) is 6.08. The van der Waals surface area contributed by atoms with Gasteiger partial charge >= 0.3 is 0 Å². The maximum atomic E-state index is 6.00. The van der Waals surface area contributed by atoms with E-state index in [1.807, 2.05) is 6.92 Å². The van der Waals surface area contributed by atoms with E-state index < -0.39 is 0 Å². The lowest BCUT2D eigenvalue weighted by Crippen LogP contribution is -2.24. The van der Waals surface area contributed by atoms with Gasteiger partial charge in [-0.05, 0) is 37.3 Å². The van der Waals surface area contributed by atoms with E-state index in [9.17, 15) is 0 Å². The van der Waals surface area contributed by atoms with E-state index in [0.29, 0.717) is 11.2 Å². The van der Waals surface area contributed by atoms with Crippen LogP contribution in [0, 0.1) is 12.8 Å². The molecule has 0 bridgehead atoms. The lowest BCUT2D eigenvalue weighted by molar-refractivity contribution is 0.344. The van der Waals surface area contributed by atoms with Crippen LogP contribution in [-0.2, 0) is 5.54 Å². The van der Waals surface area contributed by atoms with Crippen molar-refractivity contribution in [2.75, 3.05) is 0 Å². The van der Waals surface area contributed by atoms with Crippen molar-refractivity contribution in [1.29, 1.82) is 0 Å². The lowest BCUT2D eigenvalue weighted by Gasteiger charge is -2.22. The van der Waals surface area contributed by atoms with Gasteiger partial charge in [-0.2, -0.15) is 0 Å². The van der Waals surface area contributed by atoms with Crippen molar-refractivity contribution < 1.29 is 0 Å². The Labute approximate surface area is 83.1 Å². The maximum Gasteiger partial charge on any atom is 0.225 e. The fourth-order valence-corrected chi connectivity index (χ4v) is 2.36. The molecule has 1 aromatic heterocycles. The summed E-state index contributed by atoms with van der Waals surface area (Å²) in [5.41, 5.74) is 0.213. The third-order valence-electron chi connectivity index (χ3n) is 3.07. The van der Waals surface area contributed by atoms with Crippen LogP contribution in [0.2, 0.25) is 5.28 Å². The normalized spacial score (nSPS) is 19.5. The first kappa shape index (κ1) is 9.00. The summed E-state index contributed by atoms with van der Waals surface area (Å²) in [5.74, 6) is 1.52. The predicted octanol–water partition coefficient (Wildman–Crippen LogP) is 2.39. The Balaban J connectivity index is 2.45. The minimum Gasteiger partial charge on any atom is -0.296 e. The summed E-state index contributed by atoms with van der Waals surface area (Å²) in [5, 5.41) is 8.40. The molecule has 0 aromatic carbocycles. The Bertz CT molecular complexity index is 306. The molecule has 0 unspecified atom stereocenters. The molecule has 2 rings (SSSR count). The fraction of sp³-hybridized carbons (Fsp3) is 0.778. The molecule has 0 atom stereocenters. The van der Waals surface area contributed by atoms with Crippen LogP contribution in [-0.4, -0.2) is 14.8 Å². The number of aromatic nitrogens is 3. The van der Waals surface area contributed by atoms with E-state index in [1.54, 1.807) is 0 Å². The zero-order valence-corrected chi connectivity index (χ0v) is 8.97. The fourth-order valence-electron chi connectivity index (χ4n) is 2.03. The molecule has 1 aromatic rings. The van der Waals surface area contributed by atoms with Gasteiger partial charge in [-0.1, -0.05) is 13.8 Å². The quantitative estimate of drug-likeness (QED) is 0.733. The van der Waals surface area contributed by atoms with Crippen molar-refractivity contribution in [3.8, 4) is 0 Å². The molecule has 1 heterocycles. The second-order valence-corrected chi connectivity index (χ2v) is 4.45. The van der Waals surface area contributed by atoms with Crippen molar-refractivity contribution in [2.24, 2.45) is 5.92 Å². The van der Waals surface area contributed by atoms with Gasteiger partial charge in [0.2, 0.25) is 5.28 Å². The monoisotopic (exact) mass is 199 g/mol. The van der Waals surface area contributed by atoms with Crippen LogP contribution >= 0.6 is 11.6 Å². The van der Waals surface area contributed by atoms with Crippen molar-refractivity contribution in [2.45, 2.75) is 39.2 Å². The standard InChI is InChI=1S/C9H14ClN3/c1-6(2)9(4-5-9)13-7(3)11-12-8(13)10/h6H,4-5H2,1-3H3. The van der Waals surface area contributed by atoms with Crippen LogP contribution in [0.25, 0.3) is 0 Å². The Hall–Kier alpha value is -0.570. The molecule has 1 saturated carbocycles. The molecule has 1 aliphatic rings. The zero-order valence-electron chi connectivity index (χ0n) is 8.21. The molecule has 0 amide bonds. The Morgan fingerprint density at radius 1 is 1.38 bits per heavy atom. The van der Waals surface area contributed by atoms with Crippen molar-refractivity contribution in [3.63, 3.8) is 0 Å². The molecule has 0 radical (unpaired) electrons. The highest BCUT2D eigenvalue weighted by atomic mass is 35.5. The highest BCUT2D eigenvalue weighted by molar-refractivity contribution is 6.28. The number of rotatable bonds is 2. The van der Waals surface area contributed by atoms with Crippen molar-refractivity contribution in [3.05, 3.63) is 11.1 Å². The average Bonchev–Trinajstić information content (AvgIpc) is 2.77. The number of hydrogen-bond acceptors (Lipinski definition) is 2. The Kier molecular flexibility index (Phi) is 1.88. The summed E-state index contributed by atoms with van der Waals surface area (Å²) >= 11 is 6.00. The number of aryl methyl sites for hydroxylation is 1. The second-order valence-electron chi connectivity index (χ2n) is 4.11. The van der Waals surface area contributed by atoms with Gasteiger partial charge in [0.15, 0.2) is 0 Å². The molecule has 72 valence electrons. The Morgan fingerprint density at radius 2 is 2.00 bits per heavy atom. The van der Waals surface area contributed by atoms with E-state index >= 15 is 0 Å². The minimum absolute atomic E-state index is 0.213. The molecule has 0 spiro atoms. The molecule has 0 aliphatic heterocycles. The maximum absolute atomic E-state index is 6.00. The number of halogens is 1. The first-order valence-corrected chi connectivity index (χ1v) is 5.04. The topological polar surface area (TPSA) is 30.7 Å². The lowest BCUT2D eigenvalue weighted by atomic mass is 10.0. The molecule has 13 heavy (non-hydrogen) atoms. The van der Waals surface area contributed by atoms with Crippen molar-refractivity contribution in [1.82, 2.24) is 14.8 Å². The summed E-state index contributed by atoms with van der Waals surface area (Å²) in [6.07, 6.45) is 2.40. The second kappa shape index (κ2) is 2.71. The molecular weight excluding hydrogens is 186 g/mol. The minimum atomic E-state index is 0.213. The summed E-state index contributed by atoms with van der Waals surface area (Å²) in [6.45, 7) is 6.41. The zero-order chi connectivity index (χ0) is 9.64. The van der Waals surface area contributed by atoms with E-state index in [4.69, 9.17) is 11.6 Å². The van der Waals surface area contributed by atoms with Crippen LogP contribution < -0.4 is 0 Å². The van der Waals surface area contributed by atoms with Gasteiger partial charge in [-0.25, -0.2) is 0 Å². The summed E-state index contributed by atoms with van der Waals surface area (Å²) in [6, 6.07) is 0. The largest absolute Gasteiger partial charge is 0.296 e. The average molecular weight is 200 g/mol. The Morgan fingerprint density at radius 3 is 2.31 bits per heavy atom. The first-order valence-electron chi connectivity index (χ1n) is 4.66. The van der Waals surface area contributed by atoms with Gasteiger partial charge in [-0.15, -0.1) is 10.2 Å².